The van der Waals surface area contributed by atoms with E-state index in [9.17, 15) is 4.79 Å². The molecule has 1 heterocycles. The molecule has 1 N–H and O–H groups in total. The summed E-state index contributed by atoms with van der Waals surface area (Å²) in [4.78, 5) is 16.0. The number of hydrogen-bond acceptors (Lipinski definition) is 2. The van der Waals surface area contributed by atoms with E-state index in [2.05, 4.69) is 41.4 Å². The number of aromatic nitrogens is 1. The van der Waals surface area contributed by atoms with Gasteiger partial charge in [0.25, 0.3) is 0 Å². The number of ether oxygens (including phenoxy) is 1. The number of H-pyrrole nitrogens is 1. The van der Waals surface area contributed by atoms with Gasteiger partial charge in [0, 0.05) is 17.1 Å². The molecule has 134 valence electrons. The number of aldehydes is 1. The minimum Gasteiger partial charge on any atom is -0.497 e. The van der Waals surface area contributed by atoms with E-state index >= 15 is 0 Å². The van der Waals surface area contributed by atoms with Crippen LogP contribution in [0.15, 0.2) is 66.9 Å². The van der Waals surface area contributed by atoms with Gasteiger partial charge in [-0.1, -0.05) is 36.4 Å². The fraction of sp³-hybridized carbons (Fsp3) is 0.208. The maximum Gasteiger partial charge on any atom is 0.135 e. The average Bonchev–Trinajstić information content (AvgIpc) is 3.48. The molecule has 1 saturated carbocycles. The summed E-state index contributed by atoms with van der Waals surface area (Å²) >= 11 is 0. The average molecular weight is 355 g/mol. The standard InChI is InChI=1S/C24H21NO2/c1-27-20-11-7-16-12-19(8-6-17(16)13-20)24(15-26,18-9-10-18)22-14-25-23-5-3-2-4-21(22)23/h2-8,11-15,18,25H,9-10H2,1H3. The van der Waals surface area contributed by atoms with Crippen LogP contribution in [0, 0.1) is 5.92 Å². The minimum absolute atomic E-state index is 0.352. The number of hydrogen-bond donors (Lipinski definition) is 1. The van der Waals surface area contributed by atoms with Crippen molar-refractivity contribution in [2.24, 2.45) is 5.92 Å². The van der Waals surface area contributed by atoms with Crippen LogP contribution in [0.4, 0.5) is 0 Å². The Balaban J connectivity index is 1.75. The van der Waals surface area contributed by atoms with Crippen molar-refractivity contribution in [2.45, 2.75) is 18.3 Å². The Hall–Kier alpha value is -3.07. The number of carbonyl (C=O) groups excluding carboxylic acids is 1. The molecule has 1 unspecified atom stereocenters. The van der Waals surface area contributed by atoms with Gasteiger partial charge in [0.2, 0.25) is 0 Å². The van der Waals surface area contributed by atoms with Gasteiger partial charge in [-0.2, -0.15) is 0 Å². The van der Waals surface area contributed by atoms with Crippen molar-refractivity contribution in [3.05, 3.63) is 78.0 Å². The highest BCUT2D eigenvalue weighted by atomic mass is 16.5. The monoisotopic (exact) mass is 355 g/mol. The van der Waals surface area contributed by atoms with Gasteiger partial charge in [0.15, 0.2) is 0 Å². The Bertz CT molecular complexity index is 1160. The first-order chi connectivity index (χ1) is 13.3. The first-order valence-electron chi connectivity index (χ1n) is 9.37. The van der Waals surface area contributed by atoms with E-state index in [1.807, 2.05) is 30.5 Å². The Morgan fingerprint density at radius 1 is 1.04 bits per heavy atom. The molecule has 1 aromatic heterocycles. The van der Waals surface area contributed by atoms with Gasteiger partial charge in [0.05, 0.1) is 12.5 Å². The zero-order chi connectivity index (χ0) is 18.4. The maximum absolute atomic E-state index is 12.7. The summed E-state index contributed by atoms with van der Waals surface area (Å²) in [6.45, 7) is 0. The fourth-order valence-corrected chi connectivity index (χ4v) is 4.40. The smallest absolute Gasteiger partial charge is 0.135 e. The van der Waals surface area contributed by atoms with Crippen molar-refractivity contribution < 1.29 is 9.53 Å². The van der Waals surface area contributed by atoms with E-state index in [1.165, 1.54) is 6.29 Å². The van der Waals surface area contributed by atoms with Crippen LogP contribution in [-0.4, -0.2) is 18.4 Å². The number of nitrogens with one attached hydrogen (secondary N) is 1. The lowest BCUT2D eigenvalue weighted by molar-refractivity contribution is -0.111. The van der Waals surface area contributed by atoms with Crippen LogP contribution in [0.2, 0.25) is 0 Å². The third kappa shape index (κ3) is 2.38. The molecule has 0 amide bonds. The summed E-state index contributed by atoms with van der Waals surface area (Å²) in [5.41, 5.74) is 2.63. The van der Waals surface area contributed by atoms with Crippen LogP contribution in [0.5, 0.6) is 5.75 Å². The predicted molar refractivity (Wildman–Crippen MR) is 108 cm³/mol. The van der Waals surface area contributed by atoms with Crippen LogP contribution < -0.4 is 4.74 Å². The molecule has 1 aliphatic rings. The fourth-order valence-electron chi connectivity index (χ4n) is 4.40. The Morgan fingerprint density at radius 3 is 2.59 bits per heavy atom. The van der Waals surface area contributed by atoms with Gasteiger partial charge in [-0.05, 0) is 64.9 Å². The molecule has 1 aliphatic carbocycles. The van der Waals surface area contributed by atoms with Crippen molar-refractivity contribution in [3.8, 4) is 5.75 Å². The van der Waals surface area contributed by atoms with Crippen LogP contribution in [0.25, 0.3) is 21.7 Å². The lowest BCUT2D eigenvalue weighted by Gasteiger charge is -2.29. The molecule has 0 radical (unpaired) electrons. The zero-order valence-corrected chi connectivity index (χ0v) is 15.2. The third-order valence-corrected chi connectivity index (χ3v) is 5.97. The number of fused-ring (bicyclic) bond motifs is 2. The number of benzene rings is 3. The molecule has 3 heteroatoms. The zero-order valence-electron chi connectivity index (χ0n) is 15.2. The molecular weight excluding hydrogens is 334 g/mol. The maximum atomic E-state index is 12.7. The highest BCUT2D eigenvalue weighted by Crippen LogP contribution is 2.52. The normalized spacial score (nSPS) is 16.3. The summed E-state index contributed by atoms with van der Waals surface area (Å²) in [5, 5.41) is 3.37. The number of aromatic amines is 1. The Morgan fingerprint density at radius 2 is 1.81 bits per heavy atom. The van der Waals surface area contributed by atoms with E-state index in [4.69, 9.17) is 4.74 Å². The van der Waals surface area contributed by atoms with Crippen LogP contribution in [0.3, 0.4) is 0 Å². The van der Waals surface area contributed by atoms with Crippen molar-refractivity contribution in [1.29, 1.82) is 0 Å². The molecule has 1 atom stereocenters. The molecule has 0 spiro atoms. The first kappa shape index (κ1) is 16.1. The SMILES string of the molecule is COc1ccc2cc(C(C=O)(c3c[nH]c4ccccc34)C3CC3)ccc2c1. The summed E-state index contributed by atoms with van der Waals surface area (Å²) in [6.07, 6.45) is 5.36. The molecular formula is C24H21NO2. The lowest BCUT2D eigenvalue weighted by Crippen LogP contribution is -2.32. The van der Waals surface area contributed by atoms with Crippen molar-refractivity contribution in [2.75, 3.05) is 7.11 Å². The molecule has 5 rings (SSSR count). The number of carbonyl (C=O) groups is 1. The van der Waals surface area contributed by atoms with Gasteiger partial charge in [0.1, 0.15) is 12.0 Å². The summed E-state index contributed by atoms with van der Waals surface area (Å²) in [5.74, 6) is 1.20. The van der Waals surface area contributed by atoms with Gasteiger partial charge in [-0.15, -0.1) is 0 Å². The summed E-state index contributed by atoms with van der Waals surface area (Å²) in [7, 11) is 1.68. The second-order valence-corrected chi connectivity index (χ2v) is 7.44. The van der Waals surface area contributed by atoms with Crippen molar-refractivity contribution in [1.82, 2.24) is 4.98 Å². The molecule has 0 aliphatic heterocycles. The topological polar surface area (TPSA) is 42.1 Å². The summed E-state index contributed by atoms with van der Waals surface area (Å²) < 4.78 is 5.34. The molecule has 0 bridgehead atoms. The highest BCUT2D eigenvalue weighted by molar-refractivity contribution is 5.93. The lowest BCUT2D eigenvalue weighted by atomic mass is 9.71. The predicted octanol–water partition coefficient (Wildman–Crippen LogP) is 5.22. The minimum atomic E-state index is -0.603. The van der Waals surface area contributed by atoms with Gasteiger partial charge in [-0.3, -0.25) is 0 Å². The van der Waals surface area contributed by atoms with E-state index in [0.717, 1.165) is 51.4 Å². The molecule has 27 heavy (non-hydrogen) atoms. The van der Waals surface area contributed by atoms with Crippen molar-refractivity contribution >= 4 is 28.0 Å². The van der Waals surface area contributed by atoms with Crippen molar-refractivity contribution in [3.63, 3.8) is 0 Å². The molecule has 4 aromatic rings. The van der Waals surface area contributed by atoms with Crippen LogP contribution >= 0.6 is 0 Å². The van der Waals surface area contributed by atoms with E-state index in [1.54, 1.807) is 7.11 Å². The quantitative estimate of drug-likeness (QED) is 0.498. The Kier molecular flexibility index (Phi) is 3.57. The van der Waals surface area contributed by atoms with Gasteiger partial charge < -0.3 is 14.5 Å². The number of rotatable bonds is 5. The van der Waals surface area contributed by atoms with Gasteiger partial charge >= 0.3 is 0 Å². The molecule has 0 saturated heterocycles. The molecule has 3 nitrogen and oxygen atoms in total. The summed E-state index contributed by atoms with van der Waals surface area (Å²) in [6, 6.07) is 20.7. The number of para-hydroxylation sites is 1. The largest absolute Gasteiger partial charge is 0.497 e. The second-order valence-electron chi connectivity index (χ2n) is 7.44. The van der Waals surface area contributed by atoms with E-state index < -0.39 is 5.41 Å². The van der Waals surface area contributed by atoms with Crippen LogP contribution in [-0.2, 0) is 10.2 Å². The van der Waals surface area contributed by atoms with E-state index in [0.29, 0.717) is 5.92 Å². The molecule has 3 aromatic carbocycles. The third-order valence-electron chi connectivity index (χ3n) is 5.97. The first-order valence-corrected chi connectivity index (χ1v) is 9.37. The van der Waals surface area contributed by atoms with Crippen LogP contribution in [0.1, 0.15) is 24.0 Å². The van der Waals surface area contributed by atoms with E-state index in [-0.39, 0.29) is 0 Å². The highest BCUT2D eigenvalue weighted by Gasteiger charge is 2.49. The Labute approximate surface area is 158 Å². The van der Waals surface area contributed by atoms with Gasteiger partial charge in [-0.25, -0.2) is 0 Å². The number of methoxy groups -OCH3 is 1. The molecule has 1 fully saturated rings. The second kappa shape index (κ2) is 5.98.